The zero-order valence-corrected chi connectivity index (χ0v) is 14.7. The van der Waals surface area contributed by atoms with Crippen LogP contribution in [0.15, 0.2) is 48.7 Å². The Kier molecular flexibility index (Phi) is 6.57. The Balaban J connectivity index is 1.73. The van der Waals surface area contributed by atoms with Crippen LogP contribution in [0.25, 0.3) is 0 Å². The fraction of sp³-hybridized carbons (Fsp3) is 0.400. The highest BCUT2D eigenvalue weighted by molar-refractivity contribution is 5.68. The van der Waals surface area contributed by atoms with Gasteiger partial charge in [-0.3, -0.25) is 9.88 Å². The van der Waals surface area contributed by atoms with Gasteiger partial charge in [0.15, 0.2) is 6.61 Å². The van der Waals surface area contributed by atoms with Crippen LogP contribution in [0.3, 0.4) is 0 Å². The van der Waals surface area contributed by atoms with Crippen molar-refractivity contribution >= 4 is 5.97 Å². The number of hydrogen-bond acceptors (Lipinski definition) is 5. The molecule has 0 aliphatic carbocycles. The number of carboxylic acids is 1. The van der Waals surface area contributed by atoms with Crippen LogP contribution in [0.1, 0.15) is 24.1 Å². The number of carbonyl (C=O) groups is 1. The molecule has 1 N–H and O–H groups in total. The first-order valence-electron chi connectivity index (χ1n) is 8.87. The highest BCUT2D eigenvalue weighted by atomic mass is 16.5. The van der Waals surface area contributed by atoms with Gasteiger partial charge in [0.25, 0.3) is 0 Å². The Morgan fingerprint density at radius 2 is 2.08 bits per heavy atom. The van der Waals surface area contributed by atoms with Crippen LogP contribution in [0.2, 0.25) is 0 Å². The fourth-order valence-corrected chi connectivity index (χ4v) is 3.14. The number of ether oxygens (including phenoxy) is 2. The Morgan fingerprint density at radius 3 is 2.81 bits per heavy atom. The third-order valence-electron chi connectivity index (χ3n) is 4.32. The van der Waals surface area contributed by atoms with Crippen LogP contribution in [0.5, 0.6) is 5.75 Å². The van der Waals surface area contributed by atoms with Crippen molar-refractivity contribution < 1.29 is 19.4 Å². The molecule has 1 aliphatic heterocycles. The van der Waals surface area contributed by atoms with E-state index in [0.717, 1.165) is 37.3 Å². The van der Waals surface area contributed by atoms with E-state index in [1.807, 2.05) is 42.5 Å². The normalized spacial score (nSPS) is 16.7. The maximum atomic E-state index is 10.8. The average molecular weight is 356 g/mol. The van der Waals surface area contributed by atoms with Gasteiger partial charge in [0.05, 0.1) is 11.8 Å². The molecule has 0 saturated carbocycles. The van der Waals surface area contributed by atoms with Crippen LogP contribution in [0, 0.1) is 0 Å². The zero-order valence-electron chi connectivity index (χ0n) is 14.7. The summed E-state index contributed by atoms with van der Waals surface area (Å²) in [6.45, 7) is 2.63. The summed E-state index contributed by atoms with van der Waals surface area (Å²) in [5.74, 6) is -0.377. The molecule has 2 aromatic rings. The lowest BCUT2D eigenvalue weighted by Gasteiger charge is -2.25. The van der Waals surface area contributed by atoms with Crippen molar-refractivity contribution in [2.24, 2.45) is 0 Å². The van der Waals surface area contributed by atoms with Crippen LogP contribution < -0.4 is 4.74 Å². The Hall–Kier alpha value is -2.44. The van der Waals surface area contributed by atoms with E-state index in [2.05, 4.69) is 9.88 Å². The molecule has 1 fully saturated rings. The largest absolute Gasteiger partial charge is 0.482 e. The van der Waals surface area contributed by atoms with E-state index in [-0.39, 0.29) is 12.7 Å². The van der Waals surface area contributed by atoms with Crippen LogP contribution in [-0.4, -0.2) is 46.8 Å². The summed E-state index contributed by atoms with van der Waals surface area (Å²) in [7, 11) is 0. The van der Waals surface area contributed by atoms with Gasteiger partial charge in [0, 0.05) is 38.0 Å². The summed E-state index contributed by atoms with van der Waals surface area (Å²) < 4.78 is 11.2. The van der Waals surface area contributed by atoms with Gasteiger partial charge >= 0.3 is 5.97 Å². The minimum Gasteiger partial charge on any atom is -0.482 e. The van der Waals surface area contributed by atoms with E-state index in [1.54, 1.807) is 6.20 Å². The van der Waals surface area contributed by atoms with Crippen LogP contribution in [0.4, 0.5) is 0 Å². The van der Waals surface area contributed by atoms with Gasteiger partial charge in [-0.25, -0.2) is 4.79 Å². The third-order valence-corrected chi connectivity index (χ3v) is 4.32. The molecule has 6 nitrogen and oxygen atoms in total. The van der Waals surface area contributed by atoms with Gasteiger partial charge in [0.2, 0.25) is 0 Å². The summed E-state index contributed by atoms with van der Waals surface area (Å²) in [5.41, 5.74) is 1.96. The number of aromatic nitrogens is 1. The summed E-state index contributed by atoms with van der Waals surface area (Å²) in [4.78, 5) is 17.5. The SMILES string of the molecule is O=C(O)COc1ccccc1CN(Cc1ccccn1)C[C@@H]1CCCO1. The molecule has 0 spiro atoms. The zero-order chi connectivity index (χ0) is 18.2. The van der Waals surface area contributed by atoms with E-state index in [0.29, 0.717) is 18.8 Å². The van der Waals surface area contributed by atoms with Gasteiger partial charge in [-0.1, -0.05) is 24.3 Å². The lowest BCUT2D eigenvalue weighted by molar-refractivity contribution is -0.139. The molecule has 2 heterocycles. The standard InChI is InChI=1S/C20H24N2O4/c23-20(24)15-26-19-9-2-1-6-16(19)12-22(14-18-8-5-11-25-18)13-17-7-3-4-10-21-17/h1-4,6-7,9-10,18H,5,8,11-15H2,(H,23,24)/t18-/m0/s1. The smallest absolute Gasteiger partial charge is 0.341 e. The van der Waals surface area contributed by atoms with E-state index in [9.17, 15) is 4.79 Å². The molecule has 0 unspecified atom stereocenters. The topological polar surface area (TPSA) is 71.9 Å². The second kappa shape index (κ2) is 9.31. The monoisotopic (exact) mass is 356 g/mol. The molecule has 1 saturated heterocycles. The molecule has 1 aliphatic rings. The molecule has 0 amide bonds. The first-order chi connectivity index (χ1) is 12.7. The summed E-state index contributed by atoms with van der Waals surface area (Å²) in [5, 5.41) is 8.87. The number of para-hydroxylation sites is 1. The minimum absolute atomic E-state index is 0.228. The minimum atomic E-state index is -0.982. The van der Waals surface area contributed by atoms with Gasteiger partial charge < -0.3 is 14.6 Å². The summed E-state index contributed by atoms with van der Waals surface area (Å²) in [6.07, 6.45) is 4.19. The quantitative estimate of drug-likeness (QED) is 0.745. The van der Waals surface area contributed by atoms with Crippen molar-refractivity contribution in [2.45, 2.75) is 32.0 Å². The second-order valence-corrected chi connectivity index (χ2v) is 6.42. The number of aliphatic carboxylic acids is 1. The molecule has 138 valence electrons. The van der Waals surface area contributed by atoms with Crippen molar-refractivity contribution in [2.75, 3.05) is 19.8 Å². The molecule has 1 aromatic heterocycles. The second-order valence-electron chi connectivity index (χ2n) is 6.42. The van der Waals surface area contributed by atoms with Gasteiger partial charge in [0.1, 0.15) is 5.75 Å². The molecule has 3 rings (SSSR count). The predicted molar refractivity (Wildman–Crippen MR) is 96.9 cm³/mol. The number of benzene rings is 1. The van der Waals surface area contributed by atoms with Crippen molar-refractivity contribution in [3.8, 4) is 5.75 Å². The lowest BCUT2D eigenvalue weighted by atomic mass is 10.1. The fourth-order valence-electron chi connectivity index (χ4n) is 3.14. The number of nitrogens with zero attached hydrogens (tertiary/aromatic N) is 2. The molecule has 1 atom stereocenters. The summed E-state index contributed by atoms with van der Waals surface area (Å²) in [6, 6.07) is 13.5. The van der Waals surface area contributed by atoms with Crippen LogP contribution >= 0.6 is 0 Å². The maximum absolute atomic E-state index is 10.8. The Morgan fingerprint density at radius 1 is 1.23 bits per heavy atom. The number of hydrogen-bond donors (Lipinski definition) is 1. The Labute approximate surface area is 153 Å². The number of rotatable bonds is 9. The van der Waals surface area contributed by atoms with Gasteiger partial charge in [-0.05, 0) is 31.0 Å². The maximum Gasteiger partial charge on any atom is 0.341 e. The third kappa shape index (κ3) is 5.54. The van der Waals surface area contributed by atoms with Crippen molar-refractivity contribution in [1.29, 1.82) is 0 Å². The highest BCUT2D eigenvalue weighted by Crippen LogP contribution is 2.22. The van der Waals surface area contributed by atoms with E-state index in [4.69, 9.17) is 14.6 Å². The van der Waals surface area contributed by atoms with Crippen LogP contribution in [-0.2, 0) is 22.6 Å². The first-order valence-corrected chi connectivity index (χ1v) is 8.87. The van der Waals surface area contributed by atoms with Crippen molar-refractivity contribution in [1.82, 2.24) is 9.88 Å². The van der Waals surface area contributed by atoms with E-state index < -0.39 is 5.97 Å². The number of carboxylic acid groups (broad SMARTS) is 1. The summed E-state index contributed by atoms with van der Waals surface area (Å²) >= 11 is 0. The molecular formula is C20H24N2O4. The highest BCUT2D eigenvalue weighted by Gasteiger charge is 2.21. The van der Waals surface area contributed by atoms with Crippen molar-refractivity contribution in [3.05, 3.63) is 59.9 Å². The van der Waals surface area contributed by atoms with E-state index in [1.165, 1.54) is 0 Å². The average Bonchev–Trinajstić information content (AvgIpc) is 3.15. The Bertz CT molecular complexity index is 702. The van der Waals surface area contributed by atoms with Gasteiger partial charge in [-0.2, -0.15) is 0 Å². The van der Waals surface area contributed by atoms with Crippen molar-refractivity contribution in [3.63, 3.8) is 0 Å². The van der Waals surface area contributed by atoms with Gasteiger partial charge in [-0.15, -0.1) is 0 Å². The molecule has 26 heavy (non-hydrogen) atoms. The predicted octanol–water partition coefficient (Wildman–Crippen LogP) is 2.73. The van der Waals surface area contributed by atoms with E-state index >= 15 is 0 Å². The molecule has 1 aromatic carbocycles. The molecule has 6 heteroatoms. The lowest BCUT2D eigenvalue weighted by Crippen LogP contribution is -2.32. The number of pyridine rings is 1. The molecular weight excluding hydrogens is 332 g/mol. The molecule has 0 bridgehead atoms. The molecule has 0 radical (unpaired) electrons. The first kappa shape index (κ1) is 18.4.